The molecule has 0 saturated heterocycles. The largest absolute Gasteiger partial charge is 0.478 e. The first-order valence-electron chi connectivity index (χ1n) is 7.18. The van der Waals surface area contributed by atoms with Gasteiger partial charge in [0, 0.05) is 18.3 Å². The van der Waals surface area contributed by atoms with Crippen LogP contribution in [-0.4, -0.2) is 46.7 Å². The molecule has 110 valence electrons. The van der Waals surface area contributed by atoms with Crippen molar-refractivity contribution in [1.29, 1.82) is 0 Å². The molecule has 0 spiro atoms. The van der Waals surface area contributed by atoms with Gasteiger partial charge < -0.3 is 14.7 Å². The molecule has 1 fully saturated rings. The fourth-order valence-corrected chi connectivity index (χ4v) is 2.69. The molecule has 0 bridgehead atoms. The number of nitrogens with zero attached hydrogens (tertiary/aromatic N) is 2. The molecule has 0 amide bonds. The number of likely N-dealkylation sites (N-methyl/N-ethyl adjacent to an activating group) is 1. The molecule has 1 aliphatic rings. The average Bonchev–Trinajstić information content (AvgIpc) is 2.47. The maximum atomic E-state index is 10.8. The van der Waals surface area contributed by atoms with Crippen LogP contribution in [0.4, 0.5) is 0 Å². The Hall–Kier alpha value is -1.62. The van der Waals surface area contributed by atoms with Gasteiger partial charge in [0.15, 0.2) is 0 Å². The van der Waals surface area contributed by atoms with Crippen molar-refractivity contribution in [3.05, 3.63) is 23.9 Å². The highest BCUT2D eigenvalue weighted by atomic mass is 16.5. The molecule has 2 unspecified atom stereocenters. The van der Waals surface area contributed by atoms with Crippen LogP contribution in [0.25, 0.3) is 0 Å². The normalized spacial score (nSPS) is 22.8. The summed E-state index contributed by atoms with van der Waals surface area (Å²) in [4.78, 5) is 17.2. The standard InChI is InChI=1S/C15H22N2O3/c1-3-17(2)12-6-4-5-7-13(12)20-14-9-8-11(10-16-14)15(18)19/h8-10,12-13H,3-7H2,1-2H3,(H,18,19). The molecule has 0 aliphatic heterocycles. The Balaban J connectivity index is 2.04. The Morgan fingerprint density at radius 3 is 2.80 bits per heavy atom. The van der Waals surface area contributed by atoms with Crippen LogP contribution in [0.5, 0.6) is 5.88 Å². The van der Waals surface area contributed by atoms with Gasteiger partial charge in [0.05, 0.1) is 5.56 Å². The van der Waals surface area contributed by atoms with Crippen LogP contribution in [0.15, 0.2) is 18.3 Å². The number of hydrogen-bond donors (Lipinski definition) is 1. The summed E-state index contributed by atoms with van der Waals surface area (Å²) < 4.78 is 5.98. The second-order valence-electron chi connectivity index (χ2n) is 5.27. The van der Waals surface area contributed by atoms with Gasteiger partial charge in [-0.3, -0.25) is 0 Å². The highest BCUT2D eigenvalue weighted by molar-refractivity contribution is 5.87. The third-order valence-electron chi connectivity index (χ3n) is 3.99. The topological polar surface area (TPSA) is 62.7 Å². The summed E-state index contributed by atoms with van der Waals surface area (Å²) >= 11 is 0. The quantitative estimate of drug-likeness (QED) is 0.896. The van der Waals surface area contributed by atoms with E-state index in [-0.39, 0.29) is 11.7 Å². The van der Waals surface area contributed by atoms with Gasteiger partial charge in [-0.25, -0.2) is 9.78 Å². The van der Waals surface area contributed by atoms with Crippen LogP contribution in [0.3, 0.4) is 0 Å². The summed E-state index contributed by atoms with van der Waals surface area (Å²) in [5, 5.41) is 8.86. The number of carbonyl (C=O) groups is 1. The monoisotopic (exact) mass is 278 g/mol. The zero-order valence-electron chi connectivity index (χ0n) is 12.1. The second kappa shape index (κ2) is 6.70. The molecule has 5 heteroatoms. The summed E-state index contributed by atoms with van der Waals surface area (Å²) in [7, 11) is 2.12. The van der Waals surface area contributed by atoms with Crippen molar-refractivity contribution in [3.63, 3.8) is 0 Å². The van der Waals surface area contributed by atoms with E-state index in [0.717, 1.165) is 19.4 Å². The van der Waals surface area contributed by atoms with Crippen molar-refractivity contribution in [2.24, 2.45) is 0 Å². The molecule has 1 aliphatic carbocycles. The first-order chi connectivity index (χ1) is 9.61. The van der Waals surface area contributed by atoms with E-state index >= 15 is 0 Å². The van der Waals surface area contributed by atoms with E-state index in [1.807, 2.05) is 0 Å². The molecule has 1 heterocycles. The molecular formula is C15H22N2O3. The van der Waals surface area contributed by atoms with E-state index in [2.05, 4.69) is 23.9 Å². The predicted octanol–water partition coefficient (Wildman–Crippen LogP) is 2.42. The molecule has 0 aromatic carbocycles. The van der Waals surface area contributed by atoms with Crippen molar-refractivity contribution < 1.29 is 14.6 Å². The number of aromatic carboxylic acids is 1. The van der Waals surface area contributed by atoms with Gasteiger partial charge in [-0.1, -0.05) is 13.3 Å². The first-order valence-corrected chi connectivity index (χ1v) is 7.18. The van der Waals surface area contributed by atoms with Crippen molar-refractivity contribution in [1.82, 2.24) is 9.88 Å². The fourth-order valence-electron chi connectivity index (χ4n) is 2.69. The number of carboxylic acid groups (broad SMARTS) is 1. The lowest BCUT2D eigenvalue weighted by molar-refractivity contribution is 0.0491. The maximum absolute atomic E-state index is 10.8. The summed E-state index contributed by atoms with van der Waals surface area (Å²) in [6.45, 7) is 3.14. The summed E-state index contributed by atoms with van der Waals surface area (Å²) in [6.07, 6.45) is 6.06. The van der Waals surface area contributed by atoms with Crippen LogP contribution < -0.4 is 4.74 Å². The van der Waals surface area contributed by atoms with Crippen LogP contribution in [-0.2, 0) is 0 Å². The van der Waals surface area contributed by atoms with Gasteiger partial charge in [-0.05, 0) is 38.9 Å². The molecule has 20 heavy (non-hydrogen) atoms. The number of carboxylic acids is 1. The summed E-state index contributed by atoms with van der Waals surface area (Å²) in [5.74, 6) is -0.457. The molecule has 5 nitrogen and oxygen atoms in total. The van der Waals surface area contributed by atoms with E-state index < -0.39 is 5.97 Å². The number of aromatic nitrogens is 1. The van der Waals surface area contributed by atoms with Gasteiger partial charge >= 0.3 is 5.97 Å². The minimum absolute atomic E-state index is 0.136. The van der Waals surface area contributed by atoms with E-state index in [4.69, 9.17) is 9.84 Å². The van der Waals surface area contributed by atoms with Crippen LogP contribution in [0.1, 0.15) is 43.0 Å². The van der Waals surface area contributed by atoms with Crippen molar-refractivity contribution in [2.75, 3.05) is 13.6 Å². The third kappa shape index (κ3) is 3.48. The minimum Gasteiger partial charge on any atom is -0.478 e. The van der Waals surface area contributed by atoms with E-state index in [1.54, 1.807) is 6.07 Å². The first kappa shape index (κ1) is 14.8. The zero-order chi connectivity index (χ0) is 14.5. The Morgan fingerprint density at radius 2 is 2.20 bits per heavy atom. The lowest BCUT2D eigenvalue weighted by Gasteiger charge is -2.37. The number of rotatable bonds is 5. The van der Waals surface area contributed by atoms with Gasteiger partial charge in [0.25, 0.3) is 0 Å². The van der Waals surface area contributed by atoms with Crippen molar-refractivity contribution in [2.45, 2.75) is 44.8 Å². The summed E-state index contributed by atoms with van der Waals surface area (Å²) in [5.41, 5.74) is 0.184. The molecule has 2 rings (SSSR count). The van der Waals surface area contributed by atoms with E-state index in [9.17, 15) is 4.79 Å². The smallest absolute Gasteiger partial charge is 0.337 e. The highest BCUT2D eigenvalue weighted by Crippen LogP contribution is 2.26. The predicted molar refractivity (Wildman–Crippen MR) is 76.2 cm³/mol. The van der Waals surface area contributed by atoms with Gasteiger partial charge in [-0.15, -0.1) is 0 Å². The van der Waals surface area contributed by atoms with E-state index in [1.165, 1.54) is 25.1 Å². The van der Waals surface area contributed by atoms with Crippen molar-refractivity contribution in [3.8, 4) is 5.88 Å². The van der Waals surface area contributed by atoms with Crippen LogP contribution >= 0.6 is 0 Å². The molecule has 1 aromatic heterocycles. The lowest BCUT2D eigenvalue weighted by Crippen LogP contribution is -2.46. The minimum atomic E-state index is -0.967. The Kier molecular flexibility index (Phi) is 4.95. The Morgan fingerprint density at radius 1 is 1.45 bits per heavy atom. The van der Waals surface area contributed by atoms with E-state index in [0.29, 0.717) is 11.9 Å². The zero-order valence-corrected chi connectivity index (χ0v) is 12.1. The molecular weight excluding hydrogens is 256 g/mol. The molecule has 1 saturated carbocycles. The Bertz CT molecular complexity index is 447. The molecule has 0 radical (unpaired) electrons. The van der Waals surface area contributed by atoms with Crippen LogP contribution in [0.2, 0.25) is 0 Å². The number of pyridine rings is 1. The second-order valence-corrected chi connectivity index (χ2v) is 5.27. The molecule has 2 atom stereocenters. The molecule has 1 aromatic rings. The number of hydrogen-bond acceptors (Lipinski definition) is 4. The fraction of sp³-hybridized carbons (Fsp3) is 0.600. The number of ether oxygens (including phenoxy) is 1. The van der Waals surface area contributed by atoms with Gasteiger partial charge in [0.1, 0.15) is 6.10 Å². The van der Waals surface area contributed by atoms with Gasteiger partial charge in [-0.2, -0.15) is 0 Å². The average molecular weight is 278 g/mol. The van der Waals surface area contributed by atoms with Crippen LogP contribution in [0, 0.1) is 0 Å². The maximum Gasteiger partial charge on any atom is 0.337 e. The summed E-state index contributed by atoms with van der Waals surface area (Å²) in [6, 6.07) is 3.59. The highest BCUT2D eigenvalue weighted by Gasteiger charge is 2.29. The van der Waals surface area contributed by atoms with Gasteiger partial charge in [0.2, 0.25) is 5.88 Å². The van der Waals surface area contributed by atoms with Crippen molar-refractivity contribution >= 4 is 5.97 Å². The lowest BCUT2D eigenvalue weighted by atomic mass is 9.91. The SMILES string of the molecule is CCN(C)C1CCCCC1Oc1ccc(C(=O)O)cn1. The third-order valence-corrected chi connectivity index (χ3v) is 3.99. The molecule has 1 N–H and O–H groups in total. The Labute approximate surface area is 119 Å².